The van der Waals surface area contributed by atoms with Gasteiger partial charge in [-0.1, -0.05) is 140 Å². The third-order valence-electron chi connectivity index (χ3n) is 12.2. The number of fused-ring (bicyclic) bond motifs is 12. The predicted octanol–water partition coefficient (Wildman–Crippen LogP) is 12.9. The Balaban J connectivity index is 1.13. The van der Waals surface area contributed by atoms with Crippen LogP contribution in [0.2, 0.25) is 0 Å². The molecule has 0 unspecified atom stereocenters. The molecule has 0 fully saturated rings. The maximum atomic E-state index is 11.0. The van der Waals surface area contributed by atoms with E-state index >= 15 is 0 Å². The molecule has 0 bridgehead atoms. The molecule has 1 spiro atoms. The van der Waals surface area contributed by atoms with Gasteiger partial charge in [0.05, 0.1) is 34.7 Å². The maximum absolute atomic E-state index is 11.0. The number of hydrogen-bond acceptors (Lipinski definition) is 5. The van der Waals surface area contributed by atoms with E-state index in [-0.39, 0.29) is 17.1 Å². The third kappa shape index (κ3) is 4.93. The zero-order chi connectivity index (χ0) is 40.7. The van der Waals surface area contributed by atoms with E-state index in [0.717, 1.165) is 66.7 Å². The Morgan fingerprint density at radius 3 is 1.75 bits per heavy atom. The molecule has 10 aromatic rings. The highest BCUT2D eigenvalue weighted by Gasteiger charge is 2.51. The predicted molar refractivity (Wildman–Crippen MR) is 239 cm³/mol. The molecule has 282 valence electrons. The topological polar surface area (TPSA) is 81.0 Å². The van der Waals surface area contributed by atoms with E-state index in [9.17, 15) is 5.26 Å². The summed E-state index contributed by atoms with van der Waals surface area (Å²) in [5.74, 6) is 2.82. The summed E-state index contributed by atoms with van der Waals surface area (Å²) in [6.07, 6.45) is 0. The second-order valence-electron chi connectivity index (χ2n) is 15.3. The van der Waals surface area contributed by atoms with Crippen LogP contribution < -0.4 is 4.74 Å². The molecule has 1 aliphatic carbocycles. The van der Waals surface area contributed by atoms with Gasteiger partial charge in [0.1, 0.15) is 11.5 Å². The van der Waals surface area contributed by atoms with Crippen LogP contribution in [0, 0.1) is 17.9 Å². The largest absolute Gasteiger partial charge is 0.457 e. The molecule has 7 heteroatoms. The standard InChI is InChI=1S/C54H30N6O/c1-56-45-29-36(28-35(32-55)50(45)53-58-51(33-16-4-2-5-17-33)57-52(59-53)34-18-6-3-7-19-34)60-46-25-13-9-21-38(46)40-30-39-37-20-8-10-22-41(37)54(44(39)31-47(40)60)42-23-11-14-26-48(42)61-49-27-15-12-24-43(49)54/h2-31H. The van der Waals surface area contributed by atoms with Gasteiger partial charge in [-0.2, -0.15) is 5.26 Å². The summed E-state index contributed by atoms with van der Waals surface area (Å²) < 4.78 is 8.80. The van der Waals surface area contributed by atoms with Gasteiger partial charge in [0.2, 0.25) is 5.69 Å². The van der Waals surface area contributed by atoms with Crippen molar-refractivity contribution in [1.29, 1.82) is 5.26 Å². The molecule has 0 atom stereocenters. The molecule has 0 amide bonds. The first-order valence-electron chi connectivity index (χ1n) is 20.0. The Labute approximate surface area is 350 Å². The molecular formula is C54H30N6O. The van der Waals surface area contributed by atoms with Crippen molar-refractivity contribution in [1.82, 2.24) is 19.5 Å². The van der Waals surface area contributed by atoms with Crippen LogP contribution in [0.15, 0.2) is 182 Å². The van der Waals surface area contributed by atoms with Gasteiger partial charge in [-0.15, -0.1) is 0 Å². The van der Waals surface area contributed by atoms with Crippen LogP contribution in [-0.2, 0) is 5.41 Å². The smallest absolute Gasteiger partial charge is 0.201 e. The molecule has 0 N–H and O–H groups in total. The fourth-order valence-electron chi connectivity index (χ4n) is 9.66. The summed E-state index contributed by atoms with van der Waals surface area (Å²) in [6, 6.07) is 63.9. The van der Waals surface area contributed by atoms with Crippen molar-refractivity contribution in [3.05, 3.63) is 221 Å². The van der Waals surface area contributed by atoms with Gasteiger partial charge >= 0.3 is 0 Å². The second-order valence-corrected chi connectivity index (χ2v) is 15.3. The molecule has 2 aromatic heterocycles. The Bertz CT molecular complexity index is 3400. The van der Waals surface area contributed by atoms with Gasteiger partial charge in [0.15, 0.2) is 17.5 Å². The number of hydrogen-bond donors (Lipinski definition) is 0. The first-order valence-corrected chi connectivity index (χ1v) is 20.0. The van der Waals surface area contributed by atoms with E-state index in [4.69, 9.17) is 26.3 Å². The minimum atomic E-state index is -0.665. The van der Waals surface area contributed by atoms with Crippen LogP contribution in [0.25, 0.3) is 77.6 Å². The SMILES string of the molecule is [C-]#[N+]c1cc(-n2c3ccccc3c3cc4c(cc32)C2(c3ccccc3Oc3ccccc32)c2ccccc2-4)cc(C#N)c1-c1nc(-c2ccccc2)nc(-c2ccccc2)n1. The van der Waals surface area contributed by atoms with Crippen molar-refractivity contribution >= 4 is 27.5 Å². The number of benzene rings is 8. The molecule has 8 aromatic carbocycles. The molecule has 0 radical (unpaired) electrons. The minimum Gasteiger partial charge on any atom is -0.457 e. The molecule has 1 aliphatic heterocycles. The van der Waals surface area contributed by atoms with Crippen LogP contribution in [0.4, 0.5) is 5.69 Å². The van der Waals surface area contributed by atoms with Crippen LogP contribution in [0.1, 0.15) is 27.8 Å². The third-order valence-corrected chi connectivity index (χ3v) is 12.2. The van der Waals surface area contributed by atoms with E-state index < -0.39 is 5.41 Å². The van der Waals surface area contributed by atoms with E-state index in [0.29, 0.717) is 22.9 Å². The lowest BCUT2D eigenvalue weighted by Gasteiger charge is -2.39. The van der Waals surface area contributed by atoms with E-state index in [1.165, 1.54) is 11.1 Å². The average molecular weight is 779 g/mol. The Morgan fingerprint density at radius 2 is 1.10 bits per heavy atom. The van der Waals surface area contributed by atoms with Crippen LogP contribution in [-0.4, -0.2) is 19.5 Å². The highest BCUT2D eigenvalue weighted by Crippen LogP contribution is 2.62. The number of rotatable bonds is 4. The van der Waals surface area contributed by atoms with Crippen molar-refractivity contribution in [2.24, 2.45) is 0 Å². The number of para-hydroxylation sites is 3. The lowest BCUT2D eigenvalue weighted by atomic mass is 9.66. The summed E-state index contributed by atoms with van der Waals surface area (Å²) in [6.45, 7) is 8.56. The van der Waals surface area contributed by atoms with Crippen molar-refractivity contribution in [2.45, 2.75) is 5.41 Å². The lowest BCUT2D eigenvalue weighted by Crippen LogP contribution is -2.32. The fourth-order valence-corrected chi connectivity index (χ4v) is 9.66. The number of nitriles is 1. The van der Waals surface area contributed by atoms with Crippen molar-refractivity contribution in [3.8, 4) is 68.5 Å². The lowest BCUT2D eigenvalue weighted by molar-refractivity contribution is 0.436. The van der Waals surface area contributed by atoms with E-state index in [1.807, 2.05) is 91.0 Å². The van der Waals surface area contributed by atoms with Gasteiger partial charge in [0, 0.05) is 44.3 Å². The summed E-state index contributed by atoms with van der Waals surface area (Å²) in [4.78, 5) is 18.8. The van der Waals surface area contributed by atoms with Crippen molar-refractivity contribution in [3.63, 3.8) is 0 Å². The minimum absolute atomic E-state index is 0.262. The zero-order valence-corrected chi connectivity index (χ0v) is 32.4. The van der Waals surface area contributed by atoms with Gasteiger partial charge < -0.3 is 9.30 Å². The summed E-state index contributed by atoms with van der Waals surface area (Å²) >= 11 is 0. The van der Waals surface area contributed by atoms with Crippen molar-refractivity contribution in [2.75, 3.05) is 0 Å². The zero-order valence-electron chi connectivity index (χ0n) is 32.4. The number of aromatic nitrogens is 4. The quantitative estimate of drug-likeness (QED) is 0.166. The fraction of sp³-hybridized carbons (Fsp3) is 0.0185. The van der Waals surface area contributed by atoms with Crippen LogP contribution >= 0.6 is 0 Å². The van der Waals surface area contributed by atoms with Gasteiger partial charge in [-0.05, 0) is 64.7 Å². The molecule has 2 aliphatic rings. The average Bonchev–Trinajstić information content (AvgIpc) is 3.80. The number of nitrogens with zero attached hydrogens (tertiary/aromatic N) is 6. The monoisotopic (exact) mass is 778 g/mol. The van der Waals surface area contributed by atoms with Crippen LogP contribution in [0.3, 0.4) is 0 Å². The molecule has 3 heterocycles. The summed E-state index contributed by atoms with van der Waals surface area (Å²) in [7, 11) is 0. The Morgan fingerprint density at radius 1 is 0.525 bits per heavy atom. The Kier molecular flexibility index (Phi) is 7.44. The van der Waals surface area contributed by atoms with Crippen LogP contribution in [0.5, 0.6) is 11.5 Å². The first-order chi connectivity index (χ1) is 30.1. The van der Waals surface area contributed by atoms with Crippen molar-refractivity contribution < 1.29 is 4.74 Å². The summed E-state index contributed by atoms with van der Waals surface area (Å²) in [5, 5.41) is 13.1. The van der Waals surface area contributed by atoms with Gasteiger partial charge in [0.25, 0.3) is 0 Å². The normalized spacial score (nSPS) is 12.8. The molecule has 7 nitrogen and oxygen atoms in total. The van der Waals surface area contributed by atoms with E-state index in [1.54, 1.807) is 0 Å². The highest BCUT2D eigenvalue weighted by molar-refractivity contribution is 6.12. The van der Waals surface area contributed by atoms with Gasteiger partial charge in [-0.3, -0.25) is 0 Å². The maximum Gasteiger partial charge on any atom is 0.201 e. The molecule has 12 rings (SSSR count). The van der Waals surface area contributed by atoms with E-state index in [2.05, 4.69) is 106 Å². The second kappa shape index (κ2) is 13.2. The molecule has 0 saturated heterocycles. The first kappa shape index (κ1) is 34.4. The Hall–Kier alpha value is -8.65. The molecular weight excluding hydrogens is 749 g/mol. The summed E-state index contributed by atoms with van der Waals surface area (Å²) in [5.41, 5.74) is 11.3. The highest BCUT2D eigenvalue weighted by atomic mass is 16.5. The molecule has 0 saturated carbocycles. The number of ether oxygens (including phenoxy) is 1. The van der Waals surface area contributed by atoms with Gasteiger partial charge in [-0.25, -0.2) is 19.8 Å². The molecule has 61 heavy (non-hydrogen) atoms.